The van der Waals surface area contributed by atoms with E-state index in [1.165, 1.54) is 0 Å². The number of hydrogen-bond acceptors (Lipinski definition) is 5. The van der Waals surface area contributed by atoms with Crippen molar-refractivity contribution in [3.63, 3.8) is 0 Å². The van der Waals surface area contributed by atoms with Crippen molar-refractivity contribution in [2.75, 3.05) is 23.8 Å². The SMILES string of the molecule is CC(C)C(=O)Nc1cc(C(=O)Nc2ccc3c(c2)OCCO3)nn1-c1ccccc1. The second kappa shape index (κ2) is 8.28. The van der Waals surface area contributed by atoms with E-state index in [9.17, 15) is 9.59 Å². The van der Waals surface area contributed by atoms with Crippen LogP contribution in [0.15, 0.2) is 54.6 Å². The number of amides is 2. The second-order valence-corrected chi connectivity index (χ2v) is 7.12. The predicted octanol–water partition coefficient (Wildman–Crippen LogP) is 3.49. The summed E-state index contributed by atoms with van der Waals surface area (Å²) in [5, 5.41) is 10.1. The Morgan fingerprint density at radius 1 is 0.967 bits per heavy atom. The molecule has 2 amide bonds. The van der Waals surface area contributed by atoms with E-state index in [1.807, 2.05) is 30.3 Å². The van der Waals surface area contributed by atoms with Crippen molar-refractivity contribution >= 4 is 23.3 Å². The standard InChI is InChI=1S/C22H22N4O4/c1-14(2)21(27)24-20-13-17(25-26(20)16-6-4-3-5-7-16)22(28)23-15-8-9-18-19(12-15)30-11-10-29-18/h3-9,12-14H,10-11H2,1-2H3,(H,23,28)(H,24,27). The van der Waals surface area contributed by atoms with E-state index in [1.54, 1.807) is 42.8 Å². The fourth-order valence-corrected chi connectivity index (χ4v) is 2.93. The largest absolute Gasteiger partial charge is 0.486 e. The lowest BCUT2D eigenvalue weighted by molar-refractivity contribution is -0.118. The third-order valence-corrected chi connectivity index (χ3v) is 4.52. The van der Waals surface area contributed by atoms with Crippen LogP contribution in [0.5, 0.6) is 11.5 Å². The number of hydrogen-bond donors (Lipinski definition) is 2. The Labute approximate surface area is 173 Å². The molecule has 1 aliphatic heterocycles. The molecule has 8 nitrogen and oxygen atoms in total. The van der Waals surface area contributed by atoms with E-state index >= 15 is 0 Å². The lowest BCUT2D eigenvalue weighted by Gasteiger charge is -2.18. The number of para-hydroxylation sites is 1. The quantitative estimate of drug-likeness (QED) is 0.676. The molecule has 2 aromatic carbocycles. The number of nitrogens with zero attached hydrogens (tertiary/aromatic N) is 2. The van der Waals surface area contributed by atoms with Crippen LogP contribution >= 0.6 is 0 Å². The Balaban J connectivity index is 1.61. The number of rotatable bonds is 5. The molecule has 3 aromatic rings. The molecule has 2 N–H and O–H groups in total. The zero-order valence-corrected chi connectivity index (χ0v) is 16.7. The van der Waals surface area contributed by atoms with Gasteiger partial charge < -0.3 is 20.1 Å². The topological polar surface area (TPSA) is 94.5 Å². The van der Waals surface area contributed by atoms with Crippen LogP contribution in [0, 0.1) is 5.92 Å². The van der Waals surface area contributed by atoms with Crippen LogP contribution < -0.4 is 20.1 Å². The van der Waals surface area contributed by atoms with Gasteiger partial charge in [0.15, 0.2) is 17.2 Å². The molecule has 0 spiro atoms. The van der Waals surface area contributed by atoms with Crippen molar-refractivity contribution in [1.29, 1.82) is 0 Å². The molecule has 2 heterocycles. The Hall–Kier alpha value is -3.81. The highest BCUT2D eigenvalue weighted by Crippen LogP contribution is 2.32. The van der Waals surface area contributed by atoms with Crippen LogP contribution in [0.3, 0.4) is 0 Å². The number of ether oxygens (including phenoxy) is 2. The van der Waals surface area contributed by atoms with Crippen LogP contribution in [-0.4, -0.2) is 34.8 Å². The van der Waals surface area contributed by atoms with Crippen molar-refractivity contribution < 1.29 is 19.1 Å². The van der Waals surface area contributed by atoms with Crippen molar-refractivity contribution in [3.05, 3.63) is 60.3 Å². The summed E-state index contributed by atoms with van der Waals surface area (Å²) in [7, 11) is 0. The second-order valence-electron chi connectivity index (χ2n) is 7.12. The molecule has 4 rings (SSSR count). The smallest absolute Gasteiger partial charge is 0.276 e. The summed E-state index contributed by atoms with van der Waals surface area (Å²) >= 11 is 0. The van der Waals surface area contributed by atoms with E-state index < -0.39 is 5.91 Å². The molecular weight excluding hydrogens is 384 g/mol. The van der Waals surface area contributed by atoms with Gasteiger partial charge in [-0.15, -0.1) is 0 Å². The maximum Gasteiger partial charge on any atom is 0.276 e. The van der Waals surface area contributed by atoms with E-state index in [0.29, 0.717) is 36.2 Å². The average molecular weight is 406 g/mol. The van der Waals surface area contributed by atoms with Gasteiger partial charge in [-0.25, -0.2) is 4.68 Å². The first kappa shape index (κ1) is 19.5. The van der Waals surface area contributed by atoms with Crippen molar-refractivity contribution in [1.82, 2.24) is 9.78 Å². The molecular formula is C22H22N4O4. The third kappa shape index (κ3) is 4.12. The summed E-state index contributed by atoms with van der Waals surface area (Å²) in [5.74, 6) is 0.878. The van der Waals surface area contributed by atoms with Gasteiger partial charge >= 0.3 is 0 Å². The predicted molar refractivity (Wildman–Crippen MR) is 112 cm³/mol. The first-order valence-corrected chi connectivity index (χ1v) is 9.68. The van der Waals surface area contributed by atoms with E-state index in [0.717, 1.165) is 5.69 Å². The number of benzene rings is 2. The van der Waals surface area contributed by atoms with Crippen LogP contribution in [-0.2, 0) is 4.79 Å². The number of anilines is 2. The summed E-state index contributed by atoms with van der Waals surface area (Å²) < 4.78 is 12.6. The molecule has 0 bridgehead atoms. The van der Waals surface area contributed by atoms with Gasteiger partial charge in [0.25, 0.3) is 5.91 Å². The minimum absolute atomic E-state index is 0.161. The summed E-state index contributed by atoms with van der Waals surface area (Å²) in [6.07, 6.45) is 0. The van der Waals surface area contributed by atoms with E-state index in [4.69, 9.17) is 9.47 Å². The number of carbonyl (C=O) groups excluding carboxylic acids is 2. The van der Waals surface area contributed by atoms with Gasteiger partial charge in [-0.1, -0.05) is 32.0 Å². The third-order valence-electron chi connectivity index (χ3n) is 4.52. The Bertz CT molecular complexity index is 1080. The van der Waals surface area contributed by atoms with Crippen LogP contribution in [0.4, 0.5) is 11.5 Å². The average Bonchev–Trinajstić information content (AvgIpc) is 3.18. The minimum atomic E-state index is -0.401. The summed E-state index contributed by atoms with van der Waals surface area (Å²) in [6.45, 7) is 4.56. The number of nitrogens with one attached hydrogen (secondary N) is 2. The van der Waals surface area contributed by atoms with Gasteiger partial charge in [-0.3, -0.25) is 9.59 Å². The van der Waals surface area contributed by atoms with Gasteiger partial charge in [-0.2, -0.15) is 5.10 Å². The minimum Gasteiger partial charge on any atom is -0.486 e. The van der Waals surface area contributed by atoms with Crippen molar-refractivity contribution in [2.45, 2.75) is 13.8 Å². The molecule has 0 saturated heterocycles. The van der Waals surface area contributed by atoms with Gasteiger partial charge in [0, 0.05) is 23.7 Å². The Morgan fingerprint density at radius 3 is 2.43 bits per heavy atom. The zero-order valence-electron chi connectivity index (χ0n) is 16.7. The summed E-state index contributed by atoms with van der Waals surface area (Å²) in [6, 6.07) is 16.1. The molecule has 8 heteroatoms. The zero-order chi connectivity index (χ0) is 21.1. The number of fused-ring (bicyclic) bond motifs is 1. The summed E-state index contributed by atoms with van der Waals surface area (Å²) in [5.41, 5.74) is 1.47. The molecule has 0 atom stereocenters. The molecule has 0 fully saturated rings. The van der Waals surface area contributed by atoms with Gasteiger partial charge in [0.1, 0.15) is 19.0 Å². The number of aromatic nitrogens is 2. The first-order chi connectivity index (χ1) is 14.5. The maximum atomic E-state index is 12.8. The first-order valence-electron chi connectivity index (χ1n) is 9.68. The highest BCUT2D eigenvalue weighted by molar-refractivity contribution is 6.04. The molecule has 30 heavy (non-hydrogen) atoms. The lowest BCUT2D eigenvalue weighted by atomic mass is 10.2. The van der Waals surface area contributed by atoms with E-state index in [2.05, 4.69) is 15.7 Å². The fourth-order valence-electron chi connectivity index (χ4n) is 2.93. The van der Waals surface area contributed by atoms with Crippen molar-refractivity contribution in [3.8, 4) is 17.2 Å². The molecule has 0 unspecified atom stereocenters. The highest BCUT2D eigenvalue weighted by atomic mass is 16.6. The number of carbonyl (C=O) groups is 2. The molecule has 0 radical (unpaired) electrons. The van der Waals surface area contributed by atoms with Crippen molar-refractivity contribution in [2.24, 2.45) is 5.92 Å². The molecule has 154 valence electrons. The molecule has 0 aliphatic carbocycles. The Kier molecular flexibility index (Phi) is 5.38. The fraction of sp³-hybridized carbons (Fsp3) is 0.227. The summed E-state index contributed by atoms with van der Waals surface area (Å²) in [4.78, 5) is 25.1. The van der Waals surface area contributed by atoms with Gasteiger partial charge in [0.05, 0.1) is 5.69 Å². The molecule has 1 aromatic heterocycles. The highest BCUT2D eigenvalue weighted by Gasteiger charge is 2.19. The van der Waals surface area contributed by atoms with Crippen LogP contribution in [0.2, 0.25) is 0 Å². The lowest BCUT2D eigenvalue weighted by Crippen LogP contribution is -2.19. The van der Waals surface area contributed by atoms with E-state index in [-0.39, 0.29) is 17.5 Å². The molecule has 1 aliphatic rings. The van der Waals surface area contributed by atoms with Crippen LogP contribution in [0.25, 0.3) is 5.69 Å². The van der Waals surface area contributed by atoms with Gasteiger partial charge in [0.2, 0.25) is 5.91 Å². The van der Waals surface area contributed by atoms with Crippen LogP contribution in [0.1, 0.15) is 24.3 Å². The maximum absolute atomic E-state index is 12.8. The molecule has 0 saturated carbocycles. The monoisotopic (exact) mass is 406 g/mol. The Morgan fingerprint density at radius 2 is 1.70 bits per heavy atom. The van der Waals surface area contributed by atoms with Gasteiger partial charge in [-0.05, 0) is 24.3 Å². The normalized spacial score (nSPS) is 12.5.